The van der Waals surface area contributed by atoms with Crippen LogP contribution in [0.4, 0.5) is 5.69 Å². The topological polar surface area (TPSA) is 48.8 Å². The van der Waals surface area contributed by atoms with Gasteiger partial charge in [0.2, 0.25) is 0 Å². The van der Waals surface area contributed by atoms with E-state index in [1.54, 1.807) is 0 Å². The van der Waals surface area contributed by atoms with E-state index in [1.165, 1.54) is 0 Å². The smallest absolute Gasteiger partial charge is 0.108 e. The van der Waals surface area contributed by atoms with E-state index < -0.39 is 0 Å². The van der Waals surface area contributed by atoms with Gasteiger partial charge in [0.05, 0.1) is 5.69 Å². The van der Waals surface area contributed by atoms with Crippen LogP contribution in [-0.2, 0) is 0 Å². The molecule has 1 aliphatic rings. The van der Waals surface area contributed by atoms with Crippen LogP contribution in [0.2, 0.25) is 0 Å². The Balaban J connectivity index is 2.03. The minimum atomic E-state index is -0.265. The van der Waals surface area contributed by atoms with Crippen molar-refractivity contribution in [1.82, 2.24) is 10.6 Å². The third kappa shape index (κ3) is 2.91. The predicted molar refractivity (Wildman–Crippen MR) is 73.9 cm³/mol. The molecule has 2 N–H and O–H groups in total. The molecule has 0 spiro atoms. The van der Waals surface area contributed by atoms with E-state index in [2.05, 4.69) is 33.0 Å². The predicted octanol–water partition coefficient (Wildman–Crippen LogP) is 2.40. The lowest BCUT2D eigenvalue weighted by molar-refractivity contribution is 0.456. The molecular weight excluding hydrogens is 224 g/mol. The summed E-state index contributed by atoms with van der Waals surface area (Å²) in [6.07, 6.45) is 8.17. The van der Waals surface area contributed by atoms with Crippen molar-refractivity contribution < 1.29 is 0 Å². The van der Waals surface area contributed by atoms with Crippen LogP contribution < -0.4 is 10.6 Å². The third-order valence-corrected chi connectivity index (χ3v) is 3.00. The van der Waals surface area contributed by atoms with E-state index in [4.69, 9.17) is 0 Å². The summed E-state index contributed by atoms with van der Waals surface area (Å²) in [4.78, 5) is 0. The lowest BCUT2D eigenvalue weighted by Crippen LogP contribution is -2.51. The fraction of sp³-hybridized carbons (Fsp3) is 0.286. The first kappa shape index (κ1) is 12.7. The molecule has 0 bridgehead atoms. The first-order valence-electron chi connectivity index (χ1n) is 6.00. The Morgan fingerprint density at radius 2 is 1.61 bits per heavy atom. The van der Waals surface area contributed by atoms with Crippen molar-refractivity contribution in [2.24, 2.45) is 10.2 Å². The summed E-state index contributed by atoms with van der Waals surface area (Å²) in [6, 6.07) is 9.74. The summed E-state index contributed by atoms with van der Waals surface area (Å²) in [5.41, 5.74) is 0.608. The molecule has 0 heterocycles. The molecule has 0 saturated heterocycles. The van der Waals surface area contributed by atoms with Gasteiger partial charge in [-0.3, -0.25) is 10.6 Å². The number of likely N-dealkylation sites (N-methyl/N-ethyl adjacent to an activating group) is 2. The molecule has 4 heteroatoms. The molecule has 0 radical (unpaired) electrons. The normalized spacial score (nSPS) is 18.6. The van der Waals surface area contributed by atoms with Crippen molar-refractivity contribution in [1.29, 1.82) is 0 Å². The van der Waals surface area contributed by atoms with Gasteiger partial charge in [-0.1, -0.05) is 30.4 Å². The van der Waals surface area contributed by atoms with E-state index in [-0.39, 0.29) is 11.7 Å². The summed E-state index contributed by atoms with van der Waals surface area (Å²) >= 11 is 0. The number of benzene rings is 1. The third-order valence-electron chi connectivity index (χ3n) is 3.00. The molecule has 0 aliphatic heterocycles. The van der Waals surface area contributed by atoms with Crippen LogP contribution in [-0.4, -0.2) is 25.8 Å². The number of nitrogens with one attached hydrogen (secondary N) is 2. The second-order valence-corrected chi connectivity index (χ2v) is 4.13. The summed E-state index contributed by atoms with van der Waals surface area (Å²) in [5.74, 6) is 0. The highest BCUT2D eigenvalue weighted by atomic mass is 15.2. The number of rotatable bonds is 4. The standard InChI is InChI=1S/C14H18N4/c1-15-14(16-2)10-8-13(9-11-14)18-17-12-6-4-3-5-7-12/h3-11,13,15-16H,1-2H3/b18-17+. The maximum Gasteiger partial charge on any atom is 0.108 e. The van der Waals surface area contributed by atoms with Crippen molar-refractivity contribution in [3.05, 3.63) is 54.6 Å². The summed E-state index contributed by atoms with van der Waals surface area (Å²) in [7, 11) is 3.83. The van der Waals surface area contributed by atoms with Gasteiger partial charge >= 0.3 is 0 Å². The summed E-state index contributed by atoms with van der Waals surface area (Å²) in [5, 5.41) is 14.9. The highest BCUT2D eigenvalue weighted by molar-refractivity contribution is 5.35. The fourth-order valence-electron chi connectivity index (χ4n) is 1.78. The molecule has 0 amide bonds. The Morgan fingerprint density at radius 3 is 2.17 bits per heavy atom. The van der Waals surface area contributed by atoms with Crippen molar-refractivity contribution >= 4 is 5.69 Å². The van der Waals surface area contributed by atoms with E-state index in [1.807, 2.05) is 56.6 Å². The Kier molecular flexibility index (Phi) is 4.02. The molecule has 4 nitrogen and oxygen atoms in total. The van der Waals surface area contributed by atoms with Gasteiger partial charge in [0.25, 0.3) is 0 Å². The molecule has 1 aromatic carbocycles. The zero-order valence-electron chi connectivity index (χ0n) is 10.7. The minimum Gasteiger partial charge on any atom is -0.296 e. The van der Waals surface area contributed by atoms with Gasteiger partial charge in [-0.25, -0.2) is 0 Å². The Bertz CT molecular complexity index is 442. The molecule has 94 valence electrons. The number of azo groups is 1. The summed E-state index contributed by atoms with van der Waals surface area (Å²) in [6.45, 7) is 0. The number of nitrogens with zero attached hydrogens (tertiary/aromatic N) is 2. The number of hydrogen-bond donors (Lipinski definition) is 2. The molecule has 0 aromatic heterocycles. The van der Waals surface area contributed by atoms with Gasteiger partial charge in [0, 0.05) is 0 Å². The molecule has 0 fully saturated rings. The van der Waals surface area contributed by atoms with Gasteiger partial charge in [0.15, 0.2) is 0 Å². The second-order valence-electron chi connectivity index (χ2n) is 4.13. The molecule has 0 unspecified atom stereocenters. The molecule has 18 heavy (non-hydrogen) atoms. The van der Waals surface area contributed by atoms with E-state index in [9.17, 15) is 0 Å². The first-order chi connectivity index (χ1) is 8.78. The lowest BCUT2D eigenvalue weighted by Gasteiger charge is -2.29. The van der Waals surface area contributed by atoms with Crippen LogP contribution in [0.3, 0.4) is 0 Å². The Labute approximate surface area is 108 Å². The van der Waals surface area contributed by atoms with Gasteiger partial charge < -0.3 is 0 Å². The van der Waals surface area contributed by atoms with E-state index in [0.29, 0.717) is 0 Å². The summed E-state index contributed by atoms with van der Waals surface area (Å²) < 4.78 is 0. The Hall–Kier alpha value is -1.78. The molecular formula is C14H18N4. The Morgan fingerprint density at radius 1 is 1.00 bits per heavy atom. The van der Waals surface area contributed by atoms with Gasteiger partial charge in [0.1, 0.15) is 11.7 Å². The molecule has 1 aromatic rings. The zero-order valence-corrected chi connectivity index (χ0v) is 10.7. The highest BCUT2D eigenvalue weighted by Crippen LogP contribution is 2.16. The maximum atomic E-state index is 4.28. The monoisotopic (exact) mass is 242 g/mol. The van der Waals surface area contributed by atoms with Gasteiger partial charge in [-0.15, -0.1) is 0 Å². The lowest BCUT2D eigenvalue weighted by atomic mass is 10.0. The maximum absolute atomic E-state index is 4.28. The van der Waals surface area contributed by atoms with Crippen LogP contribution in [0.15, 0.2) is 64.9 Å². The highest BCUT2D eigenvalue weighted by Gasteiger charge is 2.22. The minimum absolute atomic E-state index is 0.0000288. The van der Waals surface area contributed by atoms with Crippen molar-refractivity contribution in [3.63, 3.8) is 0 Å². The molecule has 2 rings (SSSR count). The first-order valence-corrected chi connectivity index (χ1v) is 6.00. The van der Waals surface area contributed by atoms with E-state index >= 15 is 0 Å². The van der Waals surface area contributed by atoms with Crippen LogP contribution in [0.25, 0.3) is 0 Å². The van der Waals surface area contributed by atoms with Crippen molar-refractivity contribution in [3.8, 4) is 0 Å². The van der Waals surface area contributed by atoms with Gasteiger partial charge in [-0.05, 0) is 38.4 Å². The average Bonchev–Trinajstić information content (AvgIpc) is 2.47. The van der Waals surface area contributed by atoms with Crippen LogP contribution in [0, 0.1) is 0 Å². The quantitative estimate of drug-likeness (QED) is 0.484. The second kappa shape index (κ2) is 5.71. The van der Waals surface area contributed by atoms with Crippen LogP contribution >= 0.6 is 0 Å². The largest absolute Gasteiger partial charge is 0.296 e. The van der Waals surface area contributed by atoms with Crippen LogP contribution in [0.5, 0.6) is 0 Å². The fourth-order valence-corrected chi connectivity index (χ4v) is 1.78. The number of hydrogen-bond acceptors (Lipinski definition) is 4. The SMILES string of the molecule is CNC1(NC)C=CC(/N=N/c2ccccc2)C=C1. The van der Waals surface area contributed by atoms with Crippen molar-refractivity contribution in [2.75, 3.05) is 14.1 Å². The molecule has 1 aliphatic carbocycles. The molecule has 0 atom stereocenters. The van der Waals surface area contributed by atoms with E-state index in [0.717, 1.165) is 5.69 Å². The molecule has 0 saturated carbocycles. The van der Waals surface area contributed by atoms with Crippen LogP contribution in [0.1, 0.15) is 0 Å². The zero-order chi connectivity index (χ0) is 12.8. The average molecular weight is 242 g/mol. The van der Waals surface area contributed by atoms with Crippen molar-refractivity contribution in [2.45, 2.75) is 11.7 Å². The van der Waals surface area contributed by atoms with Gasteiger partial charge in [-0.2, -0.15) is 10.2 Å².